The van der Waals surface area contributed by atoms with Crippen molar-refractivity contribution in [2.24, 2.45) is 5.92 Å². The molecule has 0 aliphatic carbocycles. The molecule has 78 valence electrons. The number of aromatic nitrogens is 2. The van der Waals surface area contributed by atoms with Gasteiger partial charge in [-0.1, -0.05) is 13.8 Å². The minimum atomic E-state index is -0.526. The average Bonchev–Trinajstić information content (AvgIpc) is 2.10. The average molecular weight is 197 g/mol. The molecule has 1 heterocycles. The van der Waals surface area contributed by atoms with Crippen molar-refractivity contribution in [1.29, 1.82) is 0 Å². The molecule has 5 heteroatoms. The summed E-state index contributed by atoms with van der Waals surface area (Å²) in [7, 11) is 0. The molecule has 0 aromatic carbocycles. The second-order valence-electron chi connectivity index (χ2n) is 3.74. The Morgan fingerprint density at radius 1 is 1.36 bits per heavy atom. The van der Waals surface area contributed by atoms with E-state index in [9.17, 15) is 9.59 Å². The fraction of sp³-hybridized carbons (Fsp3) is 0.556. The van der Waals surface area contributed by atoms with Crippen LogP contribution in [0.5, 0.6) is 0 Å². The highest BCUT2D eigenvalue weighted by molar-refractivity contribution is 5.30. The highest BCUT2D eigenvalue weighted by atomic mass is 16.2. The van der Waals surface area contributed by atoms with Crippen LogP contribution in [0, 0.1) is 5.92 Å². The topological polar surface area (TPSA) is 80.9 Å². The van der Waals surface area contributed by atoms with E-state index in [0.717, 1.165) is 0 Å². The molecule has 1 unspecified atom stereocenters. The molecule has 0 aliphatic rings. The van der Waals surface area contributed by atoms with Crippen LogP contribution in [0.15, 0.2) is 15.8 Å². The third-order valence-electron chi connectivity index (χ3n) is 2.40. The number of hydrogen-bond acceptors (Lipinski definition) is 3. The lowest BCUT2D eigenvalue weighted by Crippen LogP contribution is -2.34. The first-order valence-electron chi connectivity index (χ1n) is 4.54. The molecule has 1 rings (SSSR count). The number of nitrogens with two attached hydrogens (primary N) is 1. The molecule has 0 radical (unpaired) electrons. The molecule has 0 aliphatic heterocycles. The van der Waals surface area contributed by atoms with Crippen LogP contribution >= 0.6 is 0 Å². The zero-order valence-electron chi connectivity index (χ0n) is 8.57. The molecule has 0 saturated carbocycles. The van der Waals surface area contributed by atoms with E-state index in [1.54, 1.807) is 0 Å². The summed E-state index contributed by atoms with van der Waals surface area (Å²) in [6, 6.07) is 0.0154. The van der Waals surface area contributed by atoms with Crippen molar-refractivity contribution in [3.63, 3.8) is 0 Å². The molecule has 3 N–H and O–H groups in total. The summed E-state index contributed by atoms with van der Waals surface area (Å²) < 4.78 is 1.45. The van der Waals surface area contributed by atoms with Gasteiger partial charge in [-0.15, -0.1) is 0 Å². The van der Waals surface area contributed by atoms with Crippen LogP contribution in [0.3, 0.4) is 0 Å². The van der Waals surface area contributed by atoms with Crippen LogP contribution in [0.1, 0.15) is 26.8 Å². The Labute approximate surface area is 81.6 Å². The molecular weight excluding hydrogens is 182 g/mol. The third kappa shape index (κ3) is 1.86. The zero-order chi connectivity index (χ0) is 10.9. The Hall–Kier alpha value is -1.52. The van der Waals surface area contributed by atoms with Gasteiger partial charge in [0.1, 0.15) is 5.69 Å². The normalized spacial score (nSPS) is 13.1. The van der Waals surface area contributed by atoms with Gasteiger partial charge in [-0.05, 0) is 12.8 Å². The highest BCUT2D eigenvalue weighted by Gasteiger charge is 2.11. The van der Waals surface area contributed by atoms with Gasteiger partial charge in [0.25, 0.3) is 5.56 Å². The van der Waals surface area contributed by atoms with Gasteiger partial charge in [-0.25, -0.2) is 4.79 Å². The van der Waals surface area contributed by atoms with Crippen molar-refractivity contribution < 1.29 is 0 Å². The molecular formula is C9H15N3O2. The maximum absolute atomic E-state index is 11.4. The Morgan fingerprint density at radius 2 is 1.93 bits per heavy atom. The molecule has 0 spiro atoms. The van der Waals surface area contributed by atoms with E-state index in [1.165, 1.54) is 10.8 Å². The van der Waals surface area contributed by atoms with E-state index >= 15 is 0 Å². The van der Waals surface area contributed by atoms with Gasteiger partial charge in [0.15, 0.2) is 0 Å². The quantitative estimate of drug-likeness (QED) is 0.717. The standard InChI is InChI=1S/C9H15N3O2/c1-5(2)6(3)12-4-7(10)8(13)11-9(12)14/h4-6H,10H2,1-3H3,(H,11,13,14). The van der Waals surface area contributed by atoms with E-state index in [2.05, 4.69) is 4.98 Å². The van der Waals surface area contributed by atoms with Crippen LogP contribution in [0.4, 0.5) is 5.69 Å². The number of H-pyrrole nitrogens is 1. The summed E-state index contributed by atoms with van der Waals surface area (Å²) in [6.07, 6.45) is 1.39. The smallest absolute Gasteiger partial charge is 0.328 e. The van der Waals surface area contributed by atoms with Crippen molar-refractivity contribution in [2.75, 3.05) is 5.73 Å². The lowest BCUT2D eigenvalue weighted by atomic mass is 10.1. The van der Waals surface area contributed by atoms with Gasteiger partial charge in [-0.2, -0.15) is 0 Å². The van der Waals surface area contributed by atoms with Gasteiger partial charge in [-0.3, -0.25) is 14.3 Å². The predicted octanol–water partition coefficient (Wildman–Crippen LogP) is 0.336. The summed E-state index contributed by atoms with van der Waals surface area (Å²) in [5.41, 5.74) is 4.55. The van der Waals surface area contributed by atoms with Crippen LogP contribution in [0.2, 0.25) is 0 Å². The summed E-state index contributed by atoms with van der Waals surface area (Å²) >= 11 is 0. The number of nitrogens with one attached hydrogen (secondary N) is 1. The molecule has 5 nitrogen and oxygen atoms in total. The molecule has 1 aromatic rings. The number of anilines is 1. The minimum Gasteiger partial charge on any atom is -0.393 e. The molecule has 0 saturated heterocycles. The first-order valence-corrected chi connectivity index (χ1v) is 4.54. The Kier molecular flexibility index (Phi) is 2.78. The van der Waals surface area contributed by atoms with Crippen molar-refractivity contribution in [3.8, 4) is 0 Å². The zero-order valence-corrected chi connectivity index (χ0v) is 8.57. The number of aromatic amines is 1. The third-order valence-corrected chi connectivity index (χ3v) is 2.40. The van der Waals surface area contributed by atoms with E-state index in [-0.39, 0.29) is 11.7 Å². The van der Waals surface area contributed by atoms with Crippen LogP contribution in [0.25, 0.3) is 0 Å². The Balaban J connectivity index is 3.30. The SMILES string of the molecule is CC(C)C(C)n1cc(N)c(=O)[nH]c1=O. The molecule has 0 amide bonds. The predicted molar refractivity (Wildman–Crippen MR) is 55.3 cm³/mol. The van der Waals surface area contributed by atoms with Gasteiger partial charge in [0.05, 0.1) is 0 Å². The fourth-order valence-corrected chi connectivity index (χ4v) is 1.12. The maximum Gasteiger partial charge on any atom is 0.328 e. The summed E-state index contributed by atoms with van der Waals surface area (Å²) in [6.45, 7) is 5.90. The van der Waals surface area contributed by atoms with Crippen molar-refractivity contribution in [2.45, 2.75) is 26.8 Å². The maximum atomic E-state index is 11.4. The summed E-state index contributed by atoms with van der Waals surface area (Å²) in [5, 5.41) is 0. The van der Waals surface area contributed by atoms with Crippen LogP contribution in [-0.2, 0) is 0 Å². The highest BCUT2D eigenvalue weighted by Crippen LogP contribution is 2.13. The van der Waals surface area contributed by atoms with Crippen molar-refractivity contribution in [1.82, 2.24) is 9.55 Å². The number of nitrogen functional groups attached to an aromatic ring is 1. The van der Waals surface area contributed by atoms with Crippen molar-refractivity contribution in [3.05, 3.63) is 27.0 Å². The summed E-state index contributed by atoms with van der Waals surface area (Å²) in [4.78, 5) is 24.6. The van der Waals surface area contributed by atoms with E-state index in [1.807, 2.05) is 20.8 Å². The minimum absolute atomic E-state index is 0.0154. The first-order chi connectivity index (χ1) is 6.43. The summed E-state index contributed by atoms with van der Waals surface area (Å²) in [5.74, 6) is 0.304. The second-order valence-corrected chi connectivity index (χ2v) is 3.74. The lowest BCUT2D eigenvalue weighted by molar-refractivity contribution is 0.392. The number of rotatable bonds is 2. The number of hydrogen-bond donors (Lipinski definition) is 2. The van der Waals surface area contributed by atoms with Crippen molar-refractivity contribution >= 4 is 5.69 Å². The second kappa shape index (κ2) is 3.69. The monoisotopic (exact) mass is 197 g/mol. The number of nitrogens with zero attached hydrogens (tertiary/aromatic N) is 1. The van der Waals surface area contributed by atoms with E-state index in [0.29, 0.717) is 5.92 Å². The molecule has 1 aromatic heterocycles. The van der Waals surface area contributed by atoms with E-state index in [4.69, 9.17) is 5.73 Å². The fourth-order valence-electron chi connectivity index (χ4n) is 1.12. The first kappa shape index (κ1) is 10.6. The lowest BCUT2D eigenvalue weighted by Gasteiger charge is -2.18. The largest absolute Gasteiger partial charge is 0.393 e. The van der Waals surface area contributed by atoms with Gasteiger partial charge in [0.2, 0.25) is 0 Å². The Bertz CT molecular complexity index is 430. The molecule has 1 atom stereocenters. The van der Waals surface area contributed by atoms with Gasteiger partial charge >= 0.3 is 5.69 Å². The molecule has 14 heavy (non-hydrogen) atoms. The Morgan fingerprint density at radius 3 is 2.43 bits per heavy atom. The van der Waals surface area contributed by atoms with Crippen LogP contribution in [-0.4, -0.2) is 9.55 Å². The van der Waals surface area contributed by atoms with Gasteiger partial charge in [0, 0.05) is 12.2 Å². The van der Waals surface area contributed by atoms with E-state index < -0.39 is 11.2 Å². The van der Waals surface area contributed by atoms with Crippen LogP contribution < -0.4 is 17.0 Å². The molecule has 0 fully saturated rings. The van der Waals surface area contributed by atoms with Gasteiger partial charge < -0.3 is 5.73 Å². The molecule has 0 bridgehead atoms.